The summed E-state index contributed by atoms with van der Waals surface area (Å²) in [5, 5.41) is 7.73. The third-order valence-electron chi connectivity index (χ3n) is 5.33. The zero-order valence-corrected chi connectivity index (χ0v) is 19.7. The van der Waals surface area contributed by atoms with Crippen LogP contribution in [0.1, 0.15) is 34.5 Å². The third-order valence-corrected chi connectivity index (χ3v) is 5.55. The Morgan fingerprint density at radius 1 is 1.03 bits per heavy atom. The average molecular weight is 461 g/mol. The minimum Gasteiger partial charge on any atom is -0.363 e. The number of aryl methyl sites for hydroxylation is 1. The standard InChI is InChI=1S/C25H25ClN6O/c1-15-6-5-7-20-22(15)30-25(32(3)4)31-23(20)28-16(2)17-8-11-19(12-9-17)29-24(33)18-10-13-21(26)27-14-18/h5-14,16H,1-4H3,(H,29,33)(H,28,30,31). The molecular weight excluding hydrogens is 436 g/mol. The molecule has 4 aromatic rings. The van der Waals surface area contributed by atoms with E-state index in [9.17, 15) is 4.79 Å². The number of rotatable bonds is 6. The van der Waals surface area contributed by atoms with Crippen molar-refractivity contribution in [3.63, 3.8) is 0 Å². The van der Waals surface area contributed by atoms with Crippen molar-refractivity contribution in [3.8, 4) is 0 Å². The highest BCUT2D eigenvalue weighted by molar-refractivity contribution is 6.29. The van der Waals surface area contributed by atoms with E-state index in [0.29, 0.717) is 22.4 Å². The van der Waals surface area contributed by atoms with E-state index in [-0.39, 0.29) is 11.9 Å². The summed E-state index contributed by atoms with van der Waals surface area (Å²) < 4.78 is 0. The molecule has 0 radical (unpaired) electrons. The Kier molecular flexibility index (Phi) is 6.42. The van der Waals surface area contributed by atoms with Crippen LogP contribution in [0.15, 0.2) is 60.8 Å². The third kappa shape index (κ3) is 5.04. The first kappa shape index (κ1) is 22.5. The molecule has 1 amide bonds. The van der Waals surface area contributed by atoms with Gasteiger partial charge in [0.15, 0.2) is 0 Å². The summed E-state index contributed by atoms with van der Waals surface area (Å²) in [6.07, 6.45) is 1.45. The van der Waals surface area contributed by atoms with Gasteiger partial charge in [0.1, 0.15) is 11.0 Å². The fourth-order valence-electron chi connectivity index (χ4n) is 3.45. The fraction of sp³-hybridized carbons (Fsp3) is 0.200. The van der Waals surface area contributed by atoms with Crippen LogP contribution >= 0.6 is 11.6 Å². The van der Waals surface area contributed by atoms with Crippen LogP contribution in [0.2, 0.25) is 5.15 Å². The number of carbonyl (C=O) groups excluding carboxylic acids is 1. The van der Waals surface area contributed by atoms with E-state index in [1.165, 1.54) is 6.20 Å². The highest BCUT2D eigenvalue weighted by atomic mass is 35.5. The molecule has 2 N–H and O–H groups in total. The maximum absolute atomic E-state index is 12.4. The molecule has 0 saturated heterocycles. The Morgan fingerprint density at radius 3 is 2.45 bits per heavy atom. The molecule has 0 aliphatic heterocycles. The van der Waals surface area contributed by atoms with Gasteiger partial charge >= 0.3 is 0 Å². The Balaban J connectivity index is 1.53. The highest BCUT2D eigenvalue weighted by Crippen LogP contribution is 2.28. The molecule has 0 aliphatic rings. The zero-order chi connectivity index (χ0) is 23.5. The summed E-state index contributed by atoms with van der Waals surface area (Å²) >= 11 is 5.79. The van der Waals surface area contributed by atoms with Gasteiger partial charge < -0.3 is 15.5 Å². The van der Waals surface area contributed by atoms with Crippen molar-refractivity contribution in [3.05, 3.63) is 82.6 Å². The molecule has 0 spiro atoms. The van der Waals surface area contributed by atoms with Crippen LogP contribution in [-0.2, 0) is 0 Å². The number of fused-ring (bicyclic) bond motifs is 1. The van der Waals surface area contributed by atoms with Crippen molar-refractivity contribution >= 4 is 45.9 Å². The number of para-hydroxylation sites is 1. The van der Waals surface area contributed by atoms with Crippen molar-refractivity contribution in [1.82, 2.24) is 15.0 Å². The molecule has 0 saturated carbocycles. The number of amides is 1. The lowest BCUT2D eigenvalue weighted by molar-refractivity contribution is 0.102. The Hall–Kier alpha value is -3.71. The van der Waals surface area contributed by atoms with E-state index in [0.717, 1.165) is 27.8 Å². The van der Waals surface area contributed by atoms with Gasteiger partial charge in [0.05, 0.1) is 11.1 Å². The number of nitrogens with zero attached hydrogens (tertiary/aromatic N) is 4. The SMILES string of the molecule is Cc1cccc2c(NC(C)c3ccc(NC(=O)c4ccc(Cl)nc4)cc3)nc(N(C)C)nc12. The normalized spacial score (nSPS) is 11.8. The molecule has 0 bridgehead atoms. The van der Waals surface area contributed by atoms with E-state index >= 15 is 0 Å². The first-order valence-electron chi connectivity index (χ1n) is 10.6. The Bertz CT molecular complexity index is 1290. The molecule has 8 heteroatoms. The smallest absolute Gasteiger partial charge is 0.257 e. The van der Waals surface area contributed by atoms with Crippen molar-refractivity contribution < 1.29 is 4.79 Å². The second kappa shape index (κ2) is 9.42. The summed E-state index contributed by atoms with van der Waals surface area (Å²) in [6, 6.07) is 17.0. The molecule has 2 aromatic heterocycles. The molecule has 1 unspecified atom stereocenters. The second-order valence-corrected chi connectivity index (χ2v) is 8.44. The number of hydrogen-bond acceptors (Lipinski definition) is 6. The maximum atomic E-state index is 12.4. The molecular formula is C25H25ClN6O. The van der Waals surface area contributed by atoms with Gasteiger partial charge in [0, 0.05) is 37.4 Å². The minimum atomic E-state index is -0.239. The van der Waals surface area contributed by atoms with Crippen LogP contribution in [0.5, 0.6) is 0 Å². The minimum absolute atomic E-state index is 0.0103. The van der Waals surface area contributed by atoms with E-state index in [1.54, 1.807) is 12.1 Å². The lowest BCUT2D eigenvalue weighted by Crippen LogP contribution is -2.16. The average Bonchev–Trinajstić information content (AvgIpc) is 2.80. The van der Waals surface area contributed by atoms with Gasteiger partial charge in [-0.25, -0.2) is 9.97 Å². The number of anilines is 3. The maximum Gasteiger partial charge on any atom is 0.257 e. The van der Waals surface area contributed by atoms with Crippen LogP contribution in [0.4, 0.5) is 17.5 Å². The Labute approximate surface area is 197 Å². The van der Waals surface area contributed by atoms with E-state index < -0.39 is 0 Å². The molecule has 168 valence electrons. The van der Waals surface area contributed by atoms with Gasteiger partial charge in [-0.2, -0.15) is 4.98 Å². The van der Waals surface area contributed by atoms with Crippen molar-refractivity contribution in [2.75, 3.05) is 29.6 Å². The molecule has 2 heterocycles. The topological polar surface area (TPSA) is 83.0 Å². The summed E-state index contributed by atoms with van der Waals surface area (Å²) in [5.41, 5.74) is 4.24. The van der Waals surface area contributed by atoms with Gasteiger partial charge in [0.25, 0.3) is 5.91 Å². The summed E-state index contributed by atoms with van der Waals surface area (Å²) in [4.78, 5) is 27.7. The molecule has 33 heavy (non-hydrogen) atoms. The Morgan fingerprint density at radius 2 is 1.79 bits per heavy atom. The summed E-state index contributed by atoms with van der Waals surface area (Å²) in [7, 11) is 3.86. The van der Waals surface area contributed by atoms with Crippen LogP contribution in [-0.4, -0.2) is 35.0 Å². The van der Waals surface area contributed by atoms with Gasteiger partial charge in [-0.05, 0) is 55.3 Å². The van der Waals surface area contributed by atoms with Crippen molar-refractivity contribution in [2.24, 2.45) is 0 Å². The lowest BCUT2D eigenvalue weighted by atomic mass is 10.1. The highest BCUT2D eigenvalue weighted by Gasteiger charge is 2.14. The van der Waals surface area contributed by atoms with Crippen LogP contribution in [0.3, 0.4) is 0 Å². The van der Waals surface area contributed by atoms with Crippen LogP contribution in [0, 0.1) is 6.92 Å². The van der Waals surface area contributed by atoms with Gasteiger partial charge in [0.2, 0.25) is 5.95 Å². The molecule has 0 fully saturated rings. The van der Waals surface area contributed by atoms with Gasteiger partial charge in [-0.1, -0.05) is 35.9 Å². The molecule has 1 atom stereocenters. The fourth-order valence-corrected chi connectivity index (χ4v) is 3.56. The zero-order valence-electron chi connectivity index (χ0n) is 18.9. The quantitative estimate of drug-likeness (QED) is 0.371. The lowest BCUT2D eigenvalue weighted by Gasteiger charge is -2.19. The van der Waals surface area contributed by atoms with Crippen LogP contribution in [0.25, 0.3) is 10.9 Å². The number of benzene rings is 2. The molecule has 2 aromatic carbocycles. The number of nitrogens with one attached hydrogen (secondary N) is 2. The predicted octanol–water partition coefficient (Wildman–Crippen LogP) is 5.48. The number of halogens is 1. The second-order valence-electron chi connectivity index (χ2n) is 8.05. The van der Waals surface area contributed by atoms with Crippen molar-refractivity contribution in [2.45, 2.75) is 19.9 Å². The number of hydrogen-bond donors (Lipinski definition) is 2. The number of pyridine rings is 1. The molecule has 4 rings (SSSR count). The first-order chi connectivity index (χ1) is 15.8. The number of carbonyl (C=O) groups is 1. The molecule has 0 aliphatic carbocycles. The van der Waals surface area contributed by atoms with E-state index in [4.69, 9.17) is 21.6 Å². The summed E-state index contributed by atoms with van der Waals surface area (Å²) in [5.74, 6) is 1.20. The van der Waals surface area contributed by atoms with E-state index in [1.807, 2.05) is 55.4 Å². The van der Waals surface area contributed by atoms with Crippen molar-refractivity contribution in [1.29, 1.82) is 0 Å². The monoisotopic (exact) mass is 460 g/mol. The first-order valence-corrected chi connectivity index (χ1v) is 10.9. The van der Waals surface area contributed by atoms with E-state index in [2.05, 4.69) is 35.5 Å². The largest absolute Gasteiger partial charge is 0.363 e. The number of aromatic nitrogens is 3. The van der Waals surface area contributed by atoms with Gasteiger partial charge in [-0.15, -0.1) is 0 Å². The summed E-state index contributed by atoms with van der Waals surface area (Å²) in [6.45, 7) is 4.13. The van der Waals surface area contributed by atoms with Gasteiger partial charge in [-0.3, -0.25) is 4.79 Å². The predicted molar refractivity (Wildman–Crippen MR) is 134 cm³/mol. The van der Waals surface area contributed by atoms with Crippen LogP contribution < -0.4 is 15.5 Å². The molecule has 7 nitrogen and oxygen atoms in total.